The van der Waals surface area contributed by atoms with E-state index in [9.17, 15) is 9.59 Å². The summed E-state index contributed by atoms with van der Waals surface area (Å²) in [6, 6.07) is 9.11. The van der Waals surface area contributed by atoms with E-state index in [0.717, 1.165) is 5.69 Å². The maximum Gasteiger partial charge on any atom is 0.261 e. The molecule has 0 aliphatic rings. The van der Waals surface area contributed by atoms with Gasteiger partial charge in [-0.1, -0.05) is 0 Å². The van der Waals surface area contributed by atoms with Crippen LogP contribution in [-0.4, -0.2) is 25.0 Å². The van der Waals surface area contributed by atoms with Gasteiger partial charge in [-0.15, -0.1) is 0 Å². The van der Waals surface area contributed by atoms with E-state index in [4.69, 9.17) is 0 Å². The summed E-state index contributed by atoms with van der Waals surface area (Å²) in [7, 11) is 3.89. The zero-order valence-corrected chi connectivity index (χ0v) is 11.7. The number of carbonyl (C=O) groups excluding carboxylic acids is 1. The summed E-state index contributed by atoms with van der Waals surface area (Å²) in [5, 5.41) is 2.73. The number of benzene rings is 1. The van der Waals surface area contributed by atoms with Gasteiger partial charge in [0.25, 0.3) is 11.5 Å². The van der Waals surface area contributed by atoms with Crippen LogP contribution in [0.3, 0.4) is 0 Å². The van der Waals surface area contributed by atoms with Gasteiger partial charge < -0.3 is 15.2 Å². The molecule has 0 spiro atoms. The minimum atomic E-state index is -0.401. The van der Waals surface area contributed by atoms with Crippen molar-refractivity contribution in [2.75, 3.05) is 24.3 Å². The van der Waals surface area contributed by atoms with Crippen LogP contribution in [0.1, 0.15) is 15.9 Å². The van der Waals surface area contributed by atoms with Crippen molar-refractivity contribution in [1.82, 2.24) is 4.98 Å². The number of aryl methyl sites for hydroxylation is 1. The highest BCUT2D eigenvalue weighted by molar-refractivity contribution is 6.05. The van der Waals surface area contributed by atoms with Crippen molar-refractivity contribution in [3.05, 3.63) is 58.0 Å². The molecule has 1 amide bonds. The summed E-state index contributed by atoms with van der Waals surface area (Å²) in [5.41, 5.74) is 2.10. The van der Waals surface area contributed by atoms with Gasteiger partial charge in [0.2, 0.25) is 0 Å². The van der Waals surface area contributed by atoms with E-state index in [0.29, 0.717) is 11.3 Å². The van der Waals surface area contributed by atoms with Crippen LogP contribution >= 0.6 is 0 Å². The van der Waals surface area contributed by atoms with Crippen LogP contribution in [-0.2, 0) is 0 Å². The van der Waals surface area contributed by atoms with Gasteiger partial charge in [-0.2, -0.15) is 0 Å². The second-order valence-corrected chi connectivity index (χ2v) is 4.76. The Balaban J connectivity index is 2.22. The first-order valence-corrected chi connectivity index (χ1v) is 6.26. The third-order valence-electron chi connectivity index (χ3n) is 3.04. The molecule has 0 aliphatic heterocycles. The molecule has 2 rings (SSSR count). The molecule has 0 aliphatic carbocycles. The normalized spacial score (nSPS) is 10.2. The van der Waals surface area contributed by atoms with E-state index in [2.05, 4.69) is 10.3 Å². The number of pyridine rings is 1. The molecule has 0 atom stereocenters. The van der Waals surface area contributed by atoms with E-state index in [1.165, 1.54) is 6.20 Å². The van der Waals surface area contributed by atoms with Gasteiger partial charge in [0.15, 0.2) is 0 Å². The number of amides is 1. The van der Waals surface area contributed by atoms with Gasteiger partial charge in [0.1, 0.15) is 5.56 Å². The summed E-state index contributed by atoms with van der Waals surface area (Å²) in [4.78, 5) is 28.3. The number of carbonyl (C=O) groups is 1. The number of nitrogens with one attached hydrogen (secondary N) is 2. The first-order valence-electron chi connectivity index (χ1n) is 6.26. The Morgan fingerprint density at radius 1 is 1.15 bits per heavy atom. The van der Waals surface area contributed by atoms with E-state index in [1.54, 1.807) is 25.1 Å². The predicted molar refractivity (Wildman–Crippen MR) is 80.5 cm³/mol. The maximum absolute atomic E-state index is 12.1. The monoisotopic (exact) mass is 271 g/mol. The largest absolute Gasteiger partial charge is 0.378 e. The fourth-order valence-electron chi connectivity index (χ4n) is 1.90. The average Bonchev–Trinajstić information content (AvgIpc) is 2.39. The molecule has 0 bridgehead atoms. The van der Waals surface area contributed by atoms with Crippen molar-refractivity contribution >= 4 is 17.3 Å². The summed E-state index contributed by atoms with van der Waals surface area (Å²) >= 11 is 0. The zero-order chi connectivity index (χ0) is 14.7. The molecule has 104 valence electrons. The van der Waals surface area contributed by atoms with Gasteiger partial charge in [0, 0.05) is 31.7 Å². The molecule has 20 heavy (non-hydrogen) atoms. The van der Waals surface area contributed by atoms with Crippen molar-refractivity contribution in [3.8, 4) is 0 Å². The molecule has 0 saturated carbocycles. The van der Waals surface area contributed by atoms with E-state index >= 15 is 0 Å². The lowest BCUT2D eigenvalue weighted by atomic mass is 10.1. The van der Waals surface area contributed by atoms with E-state index < -0.39 is 5.91 Å². The van der Waals surface area contributed by atoms with Crippen LogP contribution in [0.25, 0.3) is 0 Å². The number of anilines is 2. The van der Waals surface area contributed by atoms with Gasteiger partial charge >= 0.3 is 0 Å². The van der Waals surface area contributed by atoms with Crippen molar-refractivity contribution < 1.29 is 4.79 Å². The summed E-state index contributed by atoms with van der Waals surface area (Å²) in [5.74, 6) is -0.401. The minimum absolute atomic E-state index is 0.143. The predicted octanol–water partition coefficient (Wildman–Crippen LogP) is 2.00. The van der Waals surface area contributed by atoms with Crippen LogP contribution in [0.2, 0.25) is 0 Å². The second-order valence-electron chi connectivity index (χ2n) is 4.76. The lowest BCUT2D eigenvalue weighted by molar-refractivity contribution is 0.102. The first kappa shape index (κ1) is 13.9. The summed E-state index contributed by atoms with van der Waals surface area (Å²) < 4.78 is 0. The SMILES string of the molecule is Cc1cc[nH]c(=O)c1C(=O)Nc1ccc(N(C)C)cc1. The third kappa shape index (κ3) is 2.88. The van der Waals surface area contributed by atoms with Crippen LogP contribution in [0.5, 0.6) is 0 Å². The van der Waals surface area contributed by atoms with Gasteiger partial charge in [-0.05, 0) is 42.8 Å². The molecule has 0 saturated heterocycles. The highest BCUT2D eigenvalue weighted by Gasteiger charge is 2.13. The Labute approximate surface area is 117 Å². The summed E-state index contributed by atoms with van der Waals surface area (Å²) in [6.45, 7) is 1.74. The number of nitrogens with zero attached hydrogens (tertiary/aromatic N) is 1. The number of rotatable bonds is 3. The topological polar surface area (TPSA) is 65.2 Å². The van der Waals surface area contributed by atoms with Gasteiger partial charge in [-0.3, -0.25) is 9.59 Å². The van der Waals surface area contributed by atoms with Crippen LogP contribution in [0.4, 0.5) is 11.4 Å². The molecule has 1 aromatic carbocycles. The average molecular weight is 271 g/mol. The van der Waals surface area contributed by atoms with Crippen LogP contribution in [0, 0.1) is 6.92 Å². The fourth-order valence-corrected chi connectivity index (χ4v) is 1.90. The quantitative estimate of drug-likeness (QED) is 0.897. The Hall–Kier alpha value is -2.56. The Morgan fingerprint density at radius 3 is 2.35 bits per heavy atom. The highest BCUT2D eigenvalue weighted by Crippen LogP contribution is 2.16. The second kappa shape index (κ2) is 5.61. The van der Waals surface area contributed by atoms with Crippen LogP contribution in [0.15, 0.2) is 41.3 Å². The number of hydrogen-bond donors (Lipinski definition) is 2. The number of aromatic amines is 1. The molecule has 2 aromatic rings. The van der Waals surface area contributed by atoms with Crippen molar-refractivity contribution in [3.63, 3.8) is 0 Å². The van der Waals surface area contributed by atoms with Crippen molar-refractivity contribution in [1.29, 1.82) is 0 Å². The molecular formula is C15H17N3O2. The van der Waals surface area contributed by atoms with Crippen molar-refractivity contribution in [2.45, 2.75) is 6.92 Å². The molecule has 1 aromatic heterocycles. The molecule has 5 nitrogen and oxygen atoms in total. The van der Waals surface area contributed by atoms with Crippen molar-refractivity contribution in [2.24, 2.45) is 0 Å². The maximum atomic E-state index is 12.1. The minimum Gasteiger partial charge on any atom is -0.378 e. The standard InChI is InChI=1S/C15H17N3O2/c1-10-8-9-16-14(19)13(10)15(20)17-11-4-6-12(7-5-11)18(2)3/h4-9H,1-3H3,(H,16,19)(H,17,20). The molecule has 0 radical (unpaired) electrons. The van der Waals surface area contributed by atoms with E-state index in [-0.39, 0.29) is 11.1 Å². The molecule has 0 fully saturated rings. The van der Waals surface area contributed by atoms with Gasteiger partial charge in [0.05, 0.1) is 0 Å². The molecule has 0 unspecified atom stereocenters. The molecule has 5 heteroatoms. The number of hydrogen-bond acceptors (Lipinski definition) is 3. The lowest BCUT2D eigenvalue weighted by Crippen LogP contribution is -2.24. The zero-order valence-electron chi connectivity index (χ0n) is 11.7. The molecular weight excluding hydrogens is 254 g/mol. The van der Waals surface area contributed by atoms with Gasteiger partial charge in [-0.25, -0.2) is 0 Å². The molecule has 2 N–H and O–H groups in total. The fraction of sp³-hybridized carbons (Fsp3) is 0.200. The molecule has 1 heterocycles. The lowest BCUT2D eigenvalue weighted by Gasteiger charge is -2.13. The van der Waals surface area contributed by atoms with E-state index in [1.807, 2.05) is 31.1 Å². The third-order valence-corrected chi connectivity index (χ3v) is 3.04. The highest BCUT2D eigenvalue weighted by atomic mass is 16.2. The summed E-state index contributed by atoms with van der Waals surface area (Å²) in [6.07, 6.45) is 1.53. The number of aromatic nitrogens is 1. The smallest absolute Gasteiger partial charge is 0.261 e. The Bertz CT molecular complexity index is 672. The Morgan fingerprint density at radius 2 is 1.80 bits per heavy atom. The number of H-pyrrole nitrogens is 1. The Kier molecular flexibility index (Phi) is 3.89. The van der Waals surface area contributed by atoms with Crippen LogP contribution < -0.4 is 15.8 Å². The first-order chi connectivity index (χ1) is 9.49.